The number of carboxylic acid groups (broad SMARTS) is 2. The fourth-order valence-corrected chi connectivity index (χ4v) is 6.14. The molecule has 0 bridgehead atoms. The van der Waals surface area contributed by atoms with Crippen LogP contribution in [0.1, 0.15) is 19.5 Å². The Hall–Kier alpha value is -4.02. The number of fused-ring (bicyclic) bond motifs is 2. The number of pyridine rings is 1. The first kappa shape index (κ1) is 34.8. The van der Waals surface area contributed by atoms with Gasteiger partial charge in [0.25, 0.3) is 0 Å². The molecular weight excluding hydrogens is 614 g/mol. The monoisotopic (exact) mass is 655 g/mol. The SMILES string of the molecule is CC(NC(=O)CN1CCNCCN(CC(=O)NC(C)C(=O)O)CCN(Cc2ccc3sc4ccccc4c(=O)c3n2)CC1)C(=O)O. The Labute approximate surface area is 270 Å². The van der Waals surface area contributed by atoms with Crippen LogP contribution in [-0.4, -0.2) is 131 Å². The molecule has 1 fully saturated rings. The summed E-state index contributed by atoms with van der Waals surface area (Å²) in [6.45, 7) is 7.55. The molecule has 0 spiro atoms. The molecule has 2 amide bonds. The molecule has 1 aromatic carbocycles. The summed E-state index contributed by atoms with van der Waals surface area (Å²) < 4.78 is 1.70. The van der Waals surface area contributed by atoms with Crippen molar-refractivity contribution in [1.29, 1.82) is 0 Å². The molecule has 0 aliphatic carbocycles. The van der Waals surface area contributed by atoms with Gasteiger partial charge in [-0.25, -0.2) is 4.98 Å². The summed E-state index contributed by atoms with van der Waals surface area (Å²) in [5.41, 5.74) is 1.01. The molecule has 1 aliphatic heterocycles. The highest BCUT2D eigenvalue weighted by Gasteiger charge is 2.21. The highest BCUT2D eigenvalue weighted by atomic mass is 32.1. The largest absolute Gasteiger partial charge is 0.480 e. The van der Waals surface area contributed by atoms with E-state index in [1.165, 1.54) is 25.2 Å². The van der Waals surface area contributed by atoms with Gasteiger partial charge >= 0.3 is 11.9 Å². The van der Waals surface area contributed by atoms with Gasteiger partial charge < -0.3 is 26.2 Å². The summed E-state index contributed by atoms with van der Waals surface area (Å²) in [7, 11) is 0. The van der Waals surface area contributed by atoms with E-state index in [1.807, 2.05) is 40.1 Å². The summed E-state index contributed by atoms with van der Waals surface area (Å²) in [5, 5.41) is 27.3. The number of carbonyl (C=O) groups excluding carboxylic acids is 2. The van der Waals surface area contributed by atoms with Gasteiger partial charge in [-0.2, -0.15) is 0 Å². The predicted molar refractivity (Wildman–Crippen MR) is 175 cm³/mol. The van der Waals surface area contributed by atoms with Gasteiger partial charge in [0.05, 0.1) is 23.5 Å². The minimum Gasteiger partial charge on any atom is -0.480 e. The number of rotatable bonds is 10. The molecule has 2 unspecified atom stereocenters. The maximum atomic E-state index is 13.3. The van der Waals surface area contributed by atoms with Crippen LogP contribution in [0, 0.1) is 0 Å². The van der Waals surface area contributed by atoms with Gasteiger partial charge in [-0.05, 0) is 38.1 Å². The first-order valence-corrected chi connectivity index (χ1v) is 16.1. The van der Waals surface area contributed by atoms with Gasteiger partial charge in [-0.1, -0.05) is 12.1 Å². The quantitative estimate of drug-likeness (QED) is 0.185. The molecule has 4 rings (SSSR count). The van der Waals surface area contributed by atoms with Gasteiger partial charge in [-0.3, -0.25) is 38.7 Å². The molecule has 2 aromatic heterocycles. The van der Waals surface area contributed by atoms with Crippen molar-refractivity contribution in [2.75, 3.05) is 65.4 Å². The van der Waals surface area contributed by atoms with Crippen molar-refractivity contribution >= 4 is 55.4 Å². The molecular formula is C31H41N7O7S. The number of aliphatic carboxylic acids is 2. The van der Waals surface area contributed by atoms with Gasteiger partial charge in [-0.15, -0.1) is 11.3 Å². The van der Waals surface area contributed by atoms with Crippen LogP contribution in [0.4, 0.5) is 0 Å². The van der Waals surface area contributed by atoms with Crippen LogP contribution in [0.5, 0.6) is 0 Å². The average molecular weight is 656 g/mol. The zero-order valence-electron chi connectivity index (χ0n) is 26.0. The molecule has 3 aromatic rings. The number of amides is 2. The third-order valence-corrected chi connectivity index (χ3v) is 8.90. The summed E-state index contributed by atoms with van der Waals surface area (Å²) >= 11 is 1.51. The fraction of sp³-hybridized carbons (Fsp3) is 0.484. The van der Waals surface area contributed by atoms with E-state index in [-0.39, 0.29) is 30.3 Å². The minimum absolute atomic E-state index is 0.0312. The lowest BCUT2D eigenvalue weighted by atomic mass is 10.2. The Balaban J connectivity index is 1.52. The molecule has 0 radical (unpaired) electrons. The first-order valence-electron chi connectivity index (χ1n) is 15.2. The lowest BCUT2D eigenvalue weighted by Crippen LogP contribution is -2.50. The van der Waals surface area contributed by atoms with Crippen molar-refractivity contribution in [1.82, 2.24) is 35.6 Å². The Morgan fingerprint density at radius 1 is 0.804 bits per heavy atom. The number of nitrogens with one attached hydrogen (secondary N) is 3. The van der Waals surface area contributed by atoms with Crippen molar-refractivity contribution in [2.45, 2.75) is 32.5 Å². The van der Waals surface area contributed by atoms with Crippen LogP contribution in [0.25, 0.3) is 20.3 Å². The molecule has 248 valence electrons. The van der Waals surface area contributed by atoms with Crippen LogP contribution >= 0.6 is 11.3 Å². The second-order valence-corrected chi connectivity index (χ2v) is 12.5. The number of hydrogen-bond acceptors (Lipinski definition) is 11. The number of nitrogens with zero attached hydrogens (tertiary/aromatic N) is 4. The lowest BCUT2D eigenvalue weighted by molar-refractivity contribution is -0.141. The van der Waals surface area contributed by atoms with Gasteiger partial charge in [0.1, 0.15) is 17.6 Å². The Bertz CT molecular complexity index is 1570. The fourth-order valence-electron chi connectivity index (χ4n) is 5.12. The van der Waals surface area contributed by atoms with Crippen LogP contribution in [-0.2, 0) is 25.7 Å². The maximum Gasteiger partial charge on any atom is 0.325 e. The van der Waals surface area contributed by atoms with Crippen molar-refractivity contribution in [3.05, 3.63) is 52.3 Å². The highest BCUT2D eigenvalue weighted by molar-refractivity contribution is 7.24. The molecule has 3 heterocycles. The van der Waals surface area contributed by atoms with E-state index >= 15 is 0 Å². The van der Waals surface area contributed by atoms with E-state index in [0.29, 0.717) is 75.5 Å². The van der Waals surface area contributed by atoms with Crippen LogP contribution in [0.3, 0.4) is 0 Å². The summed E-state index contributed by atoms with van der Waals surface area (Å²) in [5.74, 6) is -2.98. The third-order valence-electron chi connectivity index (χ3n) is 7.77. The van der Waals surface area contributed by atoms with E-state index in [0.717, 1.165) is 9.40 Å². The van der Waals surface area contributed by atoms with Crippen molar-refractivity contribution in [3.63, 3.8) is 0 Å². The van der Waals surface area contributed by atoms with E-state index in [4.69, 9.17) is 4.98 Å². The van der Waals surface area contributed by atoms with Crippen LogP contribution < -0.4 is 21.4 Å². The normalized spacial score (nSPS) is 17.4. The molecule has 15 heteroatoms. The molecule has 0 saturated carbocycles. The topological polar surface area (TPSA) is 185 Å². The van der Waals surface area contributed by atoms with Gasteiger partial charge in [0, 0.05) is 69.0 Å². The zero-order valence-corrected chi connectivity index (χ0v) is 26.8. The van der Waals surface area contributed by atoms with Gasteiger partial charge in [0.15, 0.2) is 0 Å². The Morgan fingerprint density at radius 3 is 1.91 bits per heavy atom. The molecule has 1 saturated heterocycles. The predicted octanol–water partition coefficient (Wildman–Crippen LogP) is -0.00250. The smallest absolute Gasteiger partial charge is 0.325 e. The van der Waals surface area contributed by atoms with Crippen molar-refractivity contribution < 1.29 is 29.4 Å². The van der Waals surface area contributed by atoms with Crippen molar-refractivity contribution in [3.8, 4) is 0 Å². The average Bonchev–Trinajstić information content (AvgIpc) is 3.01. The van der Waals surface area contributed by atoms with E-state index in [1.54, 1.807) is 6.07 Å². The number of carboxylic acids is 2. The van der Waals surface area contributed by atoms with E-state index in [2.05, 4.69) is 20.9 Å². The second kappa shape index (κ2) is 16.5. The number of benzene rings is 1. The number of hydrogen-bond donors (Lipinski definition) is 5. The Morgan fingerprint density at radius 2 is 1.35 bits per heavy atom. The van der Waals surface area contributed by atoms with E-state index in [9.17, 15) is 34.2 Å². The van der Waals surface area contributed by atoms with Gasteiger partial charge in [0.2, 0.25) is 17.2 Å². The molecule has 2 atom stereocenters. The maximum absolute atomic E-state index is 13.3. The van der Waals surface area contributed by atoms with Crippen LogP contribution in [0.15, 0.2) is 41.2 Å². The first-order chi connectivity index (χ1) is 22.0. The molecule has 1 aliphatic rings. The number of aromatic nitrogens is 1. The Kier molecular flexibility index (Phi) is 12.5. The summed E-state index contributed by atoms with van der Waals surface area (Å²) in [4.78, 5) is 71.8. The minimum atomic E-state index is -1.11. The highest BCUT2D eigenvalue weighted by Crippen LogP contribution is 2.23. The molecule has 46 heavy (non-hydrogen) atoms. The number of carbonyl (C=O) groups is 4. The molecule has 5 N–H and O–H groups in total. The second-order valence-electron chi connectivity index (χ2n) is 11.4. The summed E-state index contributed by atoms with van der Waals surface area (Å²) in [6, 6.07) is 9.28. The van der Waals surface area contributed by atoms with E-state index < -0.39 is 24.0 Å². The standard InChI is InChI=1S/C31H41N7O7S/c1-20(30(42)43)33-26(39)18-36-11-9-32-10-12-37(19-27(40)34-21(2)31(44)45)14-16-38(15-13-36)17-22-7-8-25-28(35-22)29(41)23-5-3-4-6-24(23)46-25/h3-8,20-21,32H,9-19H2,1-2H3,(H,33,39)(H,34,40)(H,42,43)(H,44,45). The summed E-state index contributed by atoms with van der Waals surface area (Å²) in [6.07, 6.45) is 0. The van der Waals surface area contributed by atoms with Crippen LogP contribution in [0.2, 0.25) is 0 Å². The zero-order chi connectivity index (χ0) is 33.2. The lowest BCUT2D eigenvalue weighted by Gasteiger charge is -2.31. The molecule has 14 nitrogen and oxygen atoms in total. The third kappa shape index (κ3) is 9.99. The van der Waals surface area contributed by atoms with Crippen molar-refractivity contribution in [2.24, 2.45) is 0 Å².